The fourth-order valence-electron chi connectivity index (χ4n) is 3.41. The maximum Gasteiger partial charge on any atom is 0.293 e. The quantitative estimate of drug-likeness (QED) is 0.443. The van der Waals surface area contributed by atoms with E-state index in [1.807, 2.05) is 67.6 Å². The summed E-state index contributed by atoms with van der Waals surface area (Å²) in [5.41, 5.74) is 5.21. The van der Waals surface area contributed by atoms with E-state index in [9.17, 15) is 9.59 Å². The van der Waals surface area contributed by atoms with E-state index in [1.54, 1.807) is 6.08 Å². The molecule has 0 aromatic heterocycles. The molecular weight excluding hydrogens is 406 g/mol. The van der Waals surface area contributed by atoms with Gasteiger partial charge >= 0.3 is 0 Å². The first-order valence-electron chi connectivity index (χ1n) is 10.1. The number of amides is 2. The van der Waals surface area contributed by atoms with E-state index in [0.717, 1.165) is 39.8 Å². The van der Waals surface area contributed by atoms with Crippen LogP contribution in [-0.2, 0) is 17.9 Å². The number of rotatable bonds is 6. The Kier molecular flexibility index (Phi) is 6.23. The summed E-state index contributed by atoms with van der Waals surface area (Å²) in [6, 6.07) is 23.6. The Balaban J connectivity index is 1.41. The molecule has 0 radical (unpaired) electrons. The van der Waals surface area contributed by atoms with Gasteiger partial charge in [-0.15, -0.1) is 0 Å². The molecule has 0 spiro atoms. The fraction of sp³-hybridized carbons (Fsp3) is 0.154. The molecule has 1 heterocycles. The van der Waals surface area contributed by atoms with Gasteiger partial charge in [-0.2, -0.15) is 0 Å². The van der Waals surface area contributed by atoms with Gasteiger partial charge in [0.15, 0.2) is 0 Å². The molecule has 0 N–H and O–H groups in total. The summed E-state index contributed by atoms with van der Waals surface area (Å²) < 4.78 is 5.85. The second kappa shape index (κ2) is 9.23. The van der Waals surface area contributed by atoms with Crippen molar-refractivity contribution in [2.24, 2.45) is 0 Å². The van der Waals surface area contributed by atoms with Crippen LogP contribution in [0.2, 0.25) is 0 Å². The largest absolute Gasteiger partial charge is 0.489 e. The van der Waals surface area contributed by atoms with Crippen LogP contribution < -0.4 is 4.74 Å². The molecule has 5 heteroatoms. The third-order valence-electron chi connectivity index (χ3n) is 4.96. The van der Waals surface area contributed by atoms with Crippen LogP contribution in [0.25, 0.3) is 6.08 Å². The Hall–Kier alpha value is -3.31. The summed E-state index contributed by atoms with van der Waals surface area (Å²) in [6.07, 6.45) is 1.76. The molecule has 1 aliphatic rings. The maximum absolute atomic E-state index is 12.8. The van der Waals surface area contributed by atoms with E-state index >= 15 is 0 Å². The van der Waals surface area contributed by atoms with Crippen molar-refractivity contribution < 1.29 is 14.3 Å². The van der Waals surface area contributed by atoms with Gasteiger partial charge in [0.25, 0.3) is 11.1 Å². The van der Waals surface area contributed by atoms with Crippen LogP contribution in [0.5, 0.6) is 5.75 Å². The lowest BCUT2D eigenvalue weighted by Gasteiger charge is -2.12. The number of hydrogen-bond acceptors (Lipinski definition) is 4. The molecule has 2 amide bonds. The van der Waals surface area contributed by atoms with Crippen LogP contribution in [0, 0.1) is 13.8 Å². The van der Waals surface area contributed by atoms with Crippen molar-refractivity contribution in [1.29, 1.82) is 0 Å². The normalized spacial score (nSPS) is 15.0. The first kappa shape index (κ1) is 20.9. The lowest BCUT2D eigenvalue weighted by Crippen LogP contribution is -2.27. The van der Waals surface area contributed by atoms with Gasteiger partial charge in [-0.1, -0.05) is 71.8 Å². The molecule has 3 aromatic rings. The second-order valence-electron chi connectivity index (χ2n) is 7.60. The van der Waals surface area contributed by atoms with Gasteiger partial charge in [-0.05, 0) is 60.5 Å². The van der Waals surface area contributed by atoms with E-state index in [-0.39, 0.29) is 17.7 Å². The maximum atomic E-state index is 12.8. The van der Waals surface area contributed by atoms with Gasteiger partial charge in [-0.3, -0.25) is 14.5 Å². The van der Waals surface area contributed by atoms with Gasteiger partial charge in [0.05, 0.1) is 11.4 Å². The lowest BCUT2D eigenvalue weighted by molar-refractivity contribution is -0.123. The predicted octanol–water partition coefficient (Wildman–Crippen LogP) is 6.12. The van der Waals surface area contributed by atoms with E-state index in [0.29, 0.717) is 11.5 Å². The number of carbonyl (C=O) groups excluding carboxylic acids is 2. The average molecular weight is 430 g/mol. The van der Waals surface area contributed by atoms with Crippen molar-refractivity contribution in [3.05, 3.63) is 106 Å². The zero-order valence-electron chi connectivity index (χ0n) is 17.5. The summed E-state index contributed by atoms with van der Waals surface area (Å²) in [5, 5.41) is -0.240. The van der Waals surface area contributed by atoms with Crippen molar-refractivity contribution in [2.45, 2.75) is 27.0 Å². The highest BCUT2D eigenvalue weighted by molar-refractivity contribution is 8.18. The summed E-state index contributed by atoms with van der Waals surface area (Å²) >= 11 is 0.980. The lowest BCUT2D eigenvalue weighted by atomic mass is 10.1. The van der Waals surface area contributed by atoms with Crippen molar-refractivity contribution >= 4 is 29.0 Å². The molecule has 156 valence electrons. The highest BCUT2D eigenvalue weighted by Crippen LogP contribution is 2.33. The van der Waals surface area contributed by atoms with Crippen LogP contribution in [0.3, 0.4) is 0 Å². The average Bonchev–Trinajstić information content (AvgIpc) is 3.01. The third kappa shape index (κ3) is 5.25. The molecule has 1 aliphatic heterocycles. The minimum atomic E-state index is -0.253. The molecule has 0 atom stereocenters. The number of carbonyl (C=O) groups is 2. The van der Waals surface area contributed by atoms with Crippen LogP contribution in [0.15, 0.2) is 77.7 Å². The van der Waals surface area contributed by atoms with Gasteiger partial charge < -0.3 is 4.74 Å². The van der Waals surface area contributed by atoms with Crippen LogP contribution in [0.4, 0.5) is 4.79 Å². The van der Waals surface area contributed by atoms with E-state index < -0.39 is 0 Å². The van der Waals surface area contributed by atoms with Crippen LogP contribution in [0.1, 0.15) is 27.8 Å². The van der Waals surface area contributed by atoms with E-state index in [2.05, 4.69) is 19.1 Å². The smallest absolute Gasteiger partial charge is 0.293 e. The van der Waals surface area contributed by atoms with Crippen molar-refractivity contribution in [2.75, 3.05) is 0 Å². The molecule has 0 aliphatic carbocycles. The first-order valence-corrected chi connectivity index (χ1v) is 10.9. The highest BCUT2D eigenvalue weighted by Gasteiger charge is 2.34. The first-order chi connectivity index (χ1) is 15.0. The summed E-state index contributed by atoms with van der Waals surface area (Å²) in [5.74, 6) is 0.502. The number of imide groups is 1. The zero-order chi connectivity index (χ0) is 21.8. The molecule has 4 nitrogen and oxygen atoms in total. The van der Waals surface area contributed by atoms with Gasteiger partial charge in [-0.25, -0.2) is 0 Å². The van der Waals surface area contributed by atoms with Crippen LogP contribution in [-0.4, -0.2) is 16.0 Å². The molecule has 3 aromatic carbocycles. The molecular formula is C26H23NO3S. The Bertz CT molecular complexity index is 1150. The molecule has 1 saturated heterocycles. The van der Waals surface area contributed by atoms with Crippen LogP contribution >= 0.6 is 11.8 Å². The zero-order valence-corrected chi connectivity index (χ0v) is 18.3. The summed E-state index contributed by atoms with van der Waals surface area (Å²) in [4.78, 5) is 26.9. The summed E-state index contributed by atoms with van der Waals surface area (Å²) in [6.45, 7) is 4.83. The number of ether oxygens (including phenoxy) is 1. The second-order valence-corrected chi connectivity index (χ2v) is 8.60. The third-order valence-corrected chi connectivity index (χ3v) is 5.87. The van der Waals surface area contributed by atoms with Gasteiger partial charge in [0.2, 0.25) is 0 Å². The predicted molar refractivity (Wildman–Crippen MR) is 125 cm³/mol. The molecule has 0 unspecified atom stereocenters. The Morgan fingerprint density at radius 3 is 2.19 bits per heavy atom. The van der Waals surface area contributed by atoms with Crippen molar-refractivity contribution in [3.8, 4) is 5.75 Å². The number of nitrogens with zero attached hydrogens (tertiary/aromatic N) is 1. The molecule has 1 fully saturated rings. The molecule has 0 bridgehead atoms. The molecule has 4 rings (SSSR count). The number of thioether (sulfide) groups is 1. The van der Waals surface area contributed by atoms with E-state index in [1.165, 1.54) is 10.5 Å². The van der Waals surface area contributed by atoms with Gasteiger partial charge in [0.1, 0.15) is 12.4 Å². The Morgan fingerprint density at radius 1 is 0.871 bits per heavy atom. The standard InChI is InChI=1S/C26H23NO3S/c1-18-5-3-7-21(13-18)16-27-25(28)24(31-26(27)29)15-20-9-11-23(12-10-20)30-17-22-8-4-6-19(2)14-22/h3-15H,16-17H2,1-2H3/b24-15-. The summed E-state index contributed by atoms with van der Waals surface area (Å²) in [7, 11) is 0. The number of benzene rings is 3. The topological polar surface area (TPSA) is 46.6 Å². The van der Waals surface area contributed by atoms with Crippen molar-refractivity contribution in [1.82, 2.24) is 4.90 Å². The number of aryl methyl sites for hydroxylation is 2. The minimum Gasteiger partial charge on any atom is -0.489 e. The fourth-order valence-corrected chi connectivity index (χ4v) is 4.25. The Labute approximate surface area is 186 Å². The minimum absolute atomic E-state index is 0.240. The van der Waals surface area contributed by atoms with Gasteiger partial charge in [0, 0.05) is 0 Å². The molecule has 0 saturated carbocycles. The molecule has 31 heavy (non-hydrogen) atoms. The van der Waals surface area contributed by atoms with Crippen molar-refractivity contribution in [3.63, 3.8) is 0 Å². The van der Waals surface area contributed by atoms with E-state index in [4.69, 9.17) is 4.74 Å². The monoisotopic (exact) mass is 429 g/mol. The highest BCUT2D eigenvalue weighted by atomic mass is 32.2. The Morgan fingerprint density at radius 2 is 1.52 bits per heavy atom. The number of hydrogen-bond donors (Lipinski definition) is 0. The SMILES string of the molecule is Cc1cccc(COc2ccc(/C=C3\SC(=O)N(Cc4cccc(C)c4)C3=O)cc2)c1.